The van der Waals surface area contributed by atoms with Gasteiger partial charge in [-0.25, -0.2) is 0 Å². The minimum atomic E-state index is -4.45. The summed E-state index contributed by atoms with van der Waals surface area (Å²) in [6, 6.07) is 9.32. The zero-order valence-electron chi connectivity index (χ0n) is 11.2. The van der Waals surface area contributed by atoms with Crippen molar-refractivity contribution in [3.05, 3.63) is 53.1 Å². The number of halogens is 3. The fourth-order valence-electron chi connectivity index (χ4n) is 1.92. The molecular weight excluding hydrogens is 265 g/mol. The molecule has 0 radical (unpaired) electrons. The van der Waals surface area contributed by atoms with E-state index in [1.807, 2.05) is 32.0 Å². The first kappa shape index (κ1) is 14.2. The van der Waals surface area contributed by atoms with Crippen LogP contribution in [-0.4, -0.2) is 0 Å². The van der Waals surface area contributed by atoms with E-state index in [0.29, 0.717) is 5.69 Å². The maximum absolute atomic E-state index is 13.0. The lowest BCUT2D eigenvalue weighted by atomic mass is 10.1. The van der Waals surface area contributed by atoms with E-state index < -0.39 is 11.7 Å². The zero-order valence-corrected chi connectivity index (χ0v) is 11.2. The highest BCUT2D eigenvalue weighted by atomic mass is 19.4. The molecule has 0 aliphatic carbocycles. The van der Waals surface area contributed by atoms with Crippen molar-refractivity contribution in [3.8, 4) is 0 Å². The molecule has 0 saturated heterocycles. The van der Waals surface area contributed by atoms with Gasteiger partial charge >= 0.3 is 6.18 Å². The van der Waals surface area contributed by atoms with Gasteiger partial charge in [-0.2, -0.15) is 13.2 Å². The molecule has 2 aromatic rings. The molecule has 0 spiro atoms. The van der Waals surface area contributed by atoms with Crippen LogP contribution in [0, 0.1) is 13.8 Å². The Morgan fingerprint density at radius 1 is 0.950 bits per heavy atom. The summed E-state index contributed by atoms with van der Waals surface area (Å²) in [6.07, 6.45) is -4.45. The topological polar surface area (TPSA) is 38.0 Å². The molecule has 0 aromatic heterocycles. The Labute approximate surface area is 115 Å². The standard InChI is InChI=1S/C15H15F3N2/c1-9-3-4-10(2)14(7-9)20-13-6-5-11(19)8-12(13)15(16,17)18/h3-8,20H,19H2,1-2H3. The third kappa shape index (κ3) is 3.04. The van der Waals surface area contributed by atoms with Crippen molar-refractivity contribution in [1.82, 2.24) is 0 Å². The molecule has 0 aliphatic heterocycles. The summed E-state index contributed by atoms with van der Waals surface area (Å²) in [4.78, 5) is 0. The predicted octanol–water partition coefficient (Wildman–Crippen LogP) is 4.65. The Hall–Kier alpha value is -2.17. The van der Waals surface area contributed by atoms with E-state index in [4.69, 9.17) is 5.73 Å². The predicted molar refractivity (Wildman–Crippen MR) is 75.1 cm³/mol. The molecule has 0 saturated carbocycles. The van der Waals surface area contributed by atoms with Gasteiger partial charge in [-0.3, -0.25) is 0 Å². The molecule has 0 bridgehead atoms. The Balaban J connectivity index is 2.46. The van der Waals surface area contributed by atoms with Crippen molar-refractivity contribution in [2.75, 3.05) is 11.1 Å². The van der Waals surface area contributed by atoms with E-state index in [1.165, 1.54) is 12.1 Å². The molecule has 2 rings (SSSR count). The van der Waals surface area contributed by atoms with Gasteiger partial charge in [0.15, 0.2) is 0 Å². The normalized spacial score (nSPS) is 11.4. The summed E-state index contributed by atoms with van der Waals surface area (Å²) in [5, 5.41) is 2.84. The molecule has 2 nitrogen and oxygen atoms in total. The number of nitrogens with one attached hydrogen (secondary N) is 1. The molecule has 3 N–H and O–H groups in total. The Morgan fingerprint density at radius 3 is 2.30 bits per heavy atom. The van der Waals surface area contributed by atoms with Crippen LogP contribution in [0.3, 0.4) is 0 Å². The highest BCUT2D eigenvalue weighted by molar-refractivity contribution is 5.69. The summed E-state index contributed by atoms with van der Waals surface area (Å²) in [5.74, 6) is 0. The lowest BCUT2D eigenvalue weighted by Crippen LogP contribution is -2.10. The number of rotatable bonds is 2. The van der Waals surface area contributed by atoms with Gasteiger partial charge in [0.05, 0.1) is 11.3 Å². The van der Waals surface area contributed by atoms with Crippen LogP contribution in [0.5, 0.6) is 0 Å². The van der Waals surface area contributed by atoms with Crippen molar-refractivity contribution in [3.63, 3.8) is 0 Å². The van der Waals surface area contributed by atoms with Gasteiger partial charge in [-0.15, -0.1) is 0 Å². The molecule has 106 valence electrons. The third-order valence-corrected chi connectivity index (χ3v) is 3.01. The van der Waals surface area contributed by atoms with Gasteiger partial charge in [0.25, 0.3) is 0 Å². The van der Waals surface area contributed by atoms with Crippen molar-refractivity contribution in [1.29, 1.82) is 0 Å². The SMILES string of the molecule is Cc1ccc(C)c(Nc2ccc(N)cc2C(F)(F)F)c1. The fourth-order valence-corrected chi connectivity index (χ4v) is 1.92. The number of nitrogens with two attached hydrogens (primary N) is 1. The number of hydrogen-bond donors (Lipinski definition) is 2. The fraction of sp³-hybridized carbons (Fsp3) is 0.200. The zero-order chi connectivity index (χ0) is 14.9. The van der Waals surface area contributed by atoms with Gasteiger partial charge in [-0.1, -0.05) is 12.1 Å². The smallest absolute Gasteiger partial charge is 0.399 e. The van der Waals surface area contributed by atoms with Crippen LogP contribution in [0.15, 0.2) is 36.4 Å². The quantitative estimate of drug-likeness (QED) is 0.786. The number of benzene rings is 2. The minimum absolute atomic E-state index is 0.000370. The van der Waals surface area contributed by atoms with Crippen LogP contribution in [0.25, 0.3) is 0 Å². The Kier molecular flexibility index (Phi) is 3.61. The summed E-state index contributed by atoms with van der Waals surface area (Å²) < 4.78 is 39.0. The Bertz CT molecular complexity index is 634. The molecule has 20 heavy (non-hydrogen) atoms. The number of anilines is 3. The average Bonchev–Trinajstić information content (AvgIpc) is 2.34. The maximum atomic E-state index is 13.0. The molecule has 0 aliphatic rings. The number of hydrogen-bond acceptors (Lipinski definition) is 2. The summed E-state index contributed by atoms with van der Waals surface area (Å²) >= 11 is 0. The van der Waals surface area contributed by atoms with E-state index in [1.54, 1.807) is 0 Å². The molecule has 0 atom stereocenters. The second kappa shape index (κ2) is 5.07. The van der Waals surface area contributed by atoms with Crippen molar-refractivity contribution < 1.29 is 13.2 Å². The van der Waals surface area contributed by atoms with Crippen molar-refractivity contribution >= 4 is 17.1 Å². The van der Waals surface area contributed by atoms with Crippen molar-refractivity contribution in [2.24, 2.45) is 0 Å². The van der Waals surface area contributed by atoms with E-state index in [-0.39, 0.29) is 11.4 Å². The van der Waals surface area contributed by atoms with E-state index in [0.717, 1.165) is 17.2 Å². The number of aryl methyl sites for hydroxylation is 2. The largest absolute Gasteiger partial charge is 0.418 e. The molecule has 5 heteroatoms. The molecule has 0 heterocycles. The first-order chi connectivity index (χ1) is 9.27. The van der Waals surface area contributed by atoms with Crippen LogP contribution in [0.1, 0.15) is 16.7 Å². The minimum Gasteiger partial charge on any atom is -0.399 e. The van der Waals surface area contributed by atoms with Gasteiger partial charge in [-0.05, 0) is 49.2 Å². The van der Waals surface area contributed by atoms with Crippen LogP contribution in [-0.2, 0) is 6.18 Å². The van der Waals surface area contributed by atoms with Gasteiger partial charge in [0, 0.05) is 11.4 Å². The maximum Gasteiger partial charge on any atom is 0.418 e. The summed E-state index contributed by atoms with van der Waals surface area (Å²) in [5.41, 5.74) is 7.27. The molecular formula is C15H15F3N2. The van der Waals surface area contributed by atoms with E-state index >= 15 is 0 Å². The molecule has 0 fully saturated rings. The van der Waals surface area contributed by atoms with Crippen molar-refractivity contribution in [2.45, 2.75) is 20.0 Å². The first-order valence-corrected chi connectivity index (χ1v) is 6.08. The lowest BCUT2D eigenvalue weighted by Gasteiger charge is -2.17. The highest BCUT2D eigenvalue weighted by Gasteiger charge is 2.33. The third-order valence-electron chi connectivity index (χ3n) is 3.01. The number of alkyl halides is 3. The van der Waals surface area contributed by atoms with Gasteiger partial charge in [0.1, 0.15) is 0 Å². The molecule has 0 amide bonds. The van der Waals surface area contributed by atoms with E-state index in [9.17, 15) is 13.2 Å². The van der Waals surface area contributed by atoms with Crippen LogP contribution >= 0.6 is 0 Å². The summed E-state index contributed by atoms with van der Waals surface area (Å²) in [7, 11) is 0. The average molecular weight is 280 g/mol. The second-order valence-electron chi connectivity index (χ2n) is 4.75. The Morgan fingerprint density at radius 2 is 1.65 bits per heavy atom. The van der Waals surface area contributed by atoms with Crippen LogP contribution in [0.2, 0.25) is 0 Å². The van der Waals surface area contributed by atoms with E-state index in [2.05, 4.69) is 5.32 Å². The van der Waals surface area contributed by atoms with Gasteiger partial charge in [0.2, 0.25) is 0 Å². The molecule has 2 aromatic carbocycles. The van der Waals surface area contributed by atoms with Gasteiger partial charge < -0.3 is 11.1 Å². The van der Waals surface area contributed by atoms with Crippen LogP contribution < -0.4 is 11.1 Å². The summed E-state index contributed by atoms with van der Waals surface area (Å²) in [6.45, 7) is 3.73. The lowest BCUT2D eigenvalue weighted by molar-refractivity contribution is -0.136. The molecule has 0 unspecified atom stereocenters. The first-order valence-electron chi connectivity index (χ1n) is 6.08. The monoisotopic (exact) mass is 280 g/mol. The van der Waals surface area contributed by atoms with Crippen LogP contribution in [0.4, 0.5) is 30.2 Å². The number of nitrogen functional groups attached to an aromatic ring is 1. The highest BCUT2D eigenvalue weighted by Crippen LogP contribution is 2.37. The second-order valence-corrected chi connectivity index (χ2v) is 4.75.